The minimum Gasteiger partial charge on any atom is -0.366 e. The number of nitrogens with zero attached hydrogens (tertiary/aromatic N) is 2. The molecule has 1 aromatic carbocycles. The molecule has 21 heavy (non-hydrogen) atoms. The molecular weight excluding hydrogens is 280 g/mol. The number of anilines is 1. The first-order chi connectivity index (χ1) is 9.97. The average molecular weight is 293 g/mol. The standard InChI is InChI=1S/C14H13F2N3O2/c1-9-6-12(19(20)21)8-18-14(9)17-7-10-2-4-11(5-3-10)13(15)16/h2-6,8,13H,7H2,1H3,(H,17,18). The Kier molecular flexibility index (Phi) is 4.42. The van der Waals surface area contributed by atoms with Crippen LogP contribution in [0.1, 0.15) is 23.1 Å². The van der Waals surface area contributed by atoms with E-state index in [0.717, 1.165) is 5.56 Å². The van der Waals surface area contributed by atoms with Gasteiger partial charge in [0.05, 0.1) is 4.92 Å². The van der Waals surface area contributed by atoms with E-state index in [9.17, 15) is 18.9 Å². The Morgan fingerprint density at radius 2 is 2.00 bits per heavy atom. The molecule has 0 unspecified atom stereocenters. The lowest BCUT2D eigenvalue weighted by molar-refractivity contribution is -0.385. The summed E-state index contributed by atoms with van der Waals surface area (Å²) in [7, 11) is 0. The maximum absolute atomic E-state index is 12.4. The van der Waals surface area contributed by atoms with Gasteiger partial charge in [-0.25, -0.2) is 13.8 Å². The summed E-state index contributed by atoms with van der Waals surface area (Å²) >= 11 is 0. The average Bonchev–Trinajstić information content (AvgIpc) is 2.46. The molecule has 2 aromatic rings. The lowest BCUT2D eigenvalue weighted by atomic mass is 10.1. The van der Waals surface area contributed by atoms with Gasteiger partial charge in [0.15, 0.2) is 0 Å². The van der Waals surface area contributed by atoms with Gasteiger partial charge in [0.1, 0.15) is 12.0 Å². The number of nitro groups is 1. The highest BCUT2D eigenvalue weighted by Crippen LogP contribution is 2.20. The molecule has 0 aliphatic heterocycles. The molecule has 0 aliphatic carbocycles. The van der Waals surface area contributed by atoms with E-state index in [1.807, 2.05) is 0 Å². The number of nitrogens with one attached hydrogen (secondary N) is 1. The van der Waals surface area contributed by atoms with Gasteiger partial charge in [-0.15, -0.1) is 0 Å². The third kappa shape index (κ3) is 3.71. The van der Waals surface area contributed by atoms with E-state index < -0.39 is 11.3 Å². The summed E-state index contributed by atoms with van der Waals surface area (Å²) in [6.07, 6.45) is -1.31. The monoisotopic (exact) mass is 293 g/mol. The molecule has 1 N–H and O–H groups in total. The minimum atomic E-state index is -2.48. The van der Waals surface area contributed by atoms with Crippen LogP contribution in [0.25, 0.3) is 0 Å². The van der Waals surface area contributed by atoms with Crippen LogP contribution in [0.2, 0.25) is 0 Å². The molecule has 5 nitrogen and oxygen atoms in total. The third-order valence-electron chi connectivity index (χ3n) is 2.97. The molecule has 0 fully saturated rings. The fourth-order valence-electron chi connectivity index (χ4n) is 1.81. The Labute approximate surface area is 119 Å². The molecule has 1 aromatic heterocycles. The number of halogens is 2. The number of rotatable bonds is 5. The van der Waals surface area contributed by atoms with Gasteiger partial charge in [0.2, 0.25) is 0 Å². The Morgan fingerprint density at radius 3 is 2.52 bits per heavy atom. The van der Waals surface area contributed by atoms with Gasteiger partial charge in [0, 0.05) is 18.2 Å². The SMILES string of the molecule is Cc1cc([N+](=O)[O-])cnc1NCc1ccc(C(F)F)cc1. The molecule has 0 saturated carbocycles. The van der Waals surface area contributed by atoms with Crippen molar-refractivity contribution < 1.29 is 13.7 Å². The first kappa shape index (κ1) is 14.8. The van der Waals surface area contributed by atoms with Crippen LogP contribution in [0.4, 0.5) is 20.3 Å². The molecule has 110 valence electrons. The Bertz CT molecular complexity index is 645. The highest BCUT2D eigenvalue weighted by Gasteiger charge is 2.09. The van der Waals surface area contributed by atoms with Crippen LogP contribution in [-0.4, -0.2) is 9.91 Å². The van der Waals surface area contributed by atoms with Crippen molar-refractivity contribution in [2.45, 2.75) is 19.9 Å². The number of hydrogen-bond acceptors (Lipinski definition) is 4. The van der Waals surface area contributed by atoms with Crippen LogP contribution in [0.15, 0.2) is 36.5 Å². The van der Waals surface area contributed by atoms with E-state index in [1.54, 1.807) is 19.1 Å². The first-order valence-electron chi connectivity index (χ1n) is 6.19. The van der Waals surface area contributed by atoms with Crippen LogP contribution in [-0.2, 0) is 6.54 Å². The van der Waals surface area contributed by atoms with E-state index in [4.69, 9.17) is 0 Å². The maximum Gasteiger partial charge on any atom is 0.287 e. The van der Waals surface area contributed by atoms with Crippen molar-refractivity contribution >= 4 is 11.5 Å². The van der Waals surface area contributed by atoms with Gasteiger partial charge < -0.3 is 5.32 Å². The van der Waals surface area contributed by atoms with Crippen LogP contribution >= 0.6 is 0 Å². The molecule has 1 heterocycles. The maximum atomic E-state index is 12.4. The fraction of sp³-hybridized carbons (Fsp3) is 0.214. The molecule has 0 aliphatic rings. The molecule has 0 spiro atoms. The molecule has 0 bridgehead atoms. The molecule has 0 amide bonds. The van der Waals surface area contributed by atoms with Crippen molar-refractivity contribution in [3.8, 4) is 0 Å². The van der Waals surface area contributed by atoms with Gasteiger partial charge in [-0.1, -0.05) is 24.3 Å². The van der Waals surface area contributed by atoms with Crippen LogP contribution < -0.4 is 5.32 Å². The quantitative estimate of drug-likeness (QED) is 0.671. The normalized spacial score (nSPS) is 10.7. The van der Waals surface area contributed by atoms with Crippen molar-refractivity contribution in [2.75, 3.05) is 5.32 Å². The zero-order valence-corrected chi connectivity index (χ0v) is 11.2. The van der Waals surface area contributed by atoms with E-state index in [-0.39, 0.29) is 11.3 Å². The minimum absolute atomic E-state index is 0.0246. The lowest BCUT2D eigenvalue weighted by Gasteiger charge is -2.09. The zero-order valence-electron chi connectivity index (χ0n) is 11.2. The summed E-state index contributed by atoms with van der Waals surface area (Å²) in [5.41, 5.74) is 1.37. The molecule has 0 saturated heterocycles. The van der Waals surface area contributed by atoms with Crippen molar-refractivity contribution in [2.24, 2.45) is 0 Å². The second-order valence-corrected chi connectivity index (χ2v) is 4.51. The summed E-state index contributed by atoms with van der Waals surface area (Å²) in [4.78, 5) is 14.1. The summed E-state index contributed by atoms with van der Waals surface area (Å²) in [5, 5.41) is 13.6. The van der Waals surface area contributed by atoms with Crippen LogP contribution in [0, 0.1) is 17.0 Å². The predicted molar refractivity (Wildman–Crippen MR) is 74.4 cm³/mol. The lowest BCUT2D eigenvalue weighted by Crippen LogP contribution is -2.04. The Morgan fingerprint density at radius 1 is 1.33 bits per heavy atom. The predicted octanol–water partition coefficient (Wildman–Crippen LogP) is 3.85. The Balaban J connectivity index is 2.04. The van der Waals surface area contributed by atoms with Gasteiger partial charge in [0.25, 0.3) is 12.1 Å². The summed E-state index contributed by atoms with van der Waals surface area (Å²) in [6.45, 7) is 2.11. The number of aryl methyl sites for hydroxylation is 1. The van der Waals surface area contributed by atoms with E-state index in [2.05, 4.69) is 10.3 Å². The van der Waals surface area contributed by atoms with Gasteiger partial charge in [-0.2, -0.15) is 0 Å². The van der Waals surface area contributed by atoms with E-state index in [0.29, 0.717) is 17.9 Å². The number of aromatic nitrogens is 1. The second-order valence-electron chi connectivity index (χ2n) is 4.51. The molecule has 2 rings (SSSR count). The van der Waals surface area contributed by atoms with E-state index >= 15 is 0 Å². The van der Waals surface area contributed by atoms with Crippen molar-refractivity contribution in [1.29, 1.82) is 0 Å². The number of pyridine rings is 1. The second kappa shape index (κ2) is 6.25. The van der Waals surface area contributed by atoms with E-state index in [1.165, 1.54) is 24.4 Å². The van der Waals surface area contributed by atoms with Gasteiger partial charge in [-0.05, 0) is 18.1 Å². The molecular formula is C14H13F2N3O2. The Hall–Kier alpha value is -2.57. The highest BCUT2D eigenvalue weighted by atomic mass is 19.3. The molecule has 0 atom stereocenters. The highest BCUT2D eigenvalue weighted by molar-refractivity contribution is 5.48. The smallest absolute Gasteiger partial charge is 0.287 e. The van der Waals surface area contributed by atoms with Crippen molar-refractivity contribution in [3.05, 3.63) is 63.3 Å². The third-order valence-corrected chi connectivity index (χ3v) is 2.97. The van der Waals surface area contributed by atoms with Crippen LogP contribution in [0.5, 0.6) is 0 Å². The van der Waals surface area contributed by atoms with Gasteiger partial charge in [-0.3, -0.25) is 10.1 Å². The number of hydrogen-bond donors (Lipinski definition) is 1. The number of alkyl halides is 2. The summed E-state index contributed by atoms with van der Waals surface area (Å²) < 4.78 is 24.8. The first-order valence-corrected chi connectivity index (χ1v) is 6.19. The summed E-state index contributed by atoms with van der Waals surface area (Å²) in [5.74, 6) is 0.526. The fourth-order valence-corrected chi connectivity index (χ4v) is 1.81. The number of benzene rings is 1. The molecule has 0 radical (unpaired) electrons. The topological polar surface area (TPSA) is 68.1 Å². The summed E-state index contributed by atoms with van der Waals surface area (Å²) in [6, 6.07) is 7.38. The van der Waals surface area contributed by atoms with Crippen molar-refractivity contribution in [1.82, 2.24) is 4.98 Å². The van der Waals surface area contributed by atoms with Gasteiger partial charge >= 0.3 is 0 Å². The van der Waals surface area contributed by atoms with Crippen molar-refractivity contribution in [3.63, 3.8) is 0 Å². The molecule has 7 heteroatoms. The largest absolute Gasteiger partial charge is 0.366 e. The zero-order chi connectivity index (χ0) is 15.4. The van der Waals surface area contributed by atoms with Crippen LogP contribution in [0.3, 0.4) is 0 Å².